The van der Waals surface area contributed by atoms with Gasteiger partial charge in [-0.25, -0.2) is 8.42 Å². The van der Waals surface area contributed by atoms with Gasteiger partial charge in [0.15, 0.2) is 0 Å². The van der Waals surface area contributed by atoms with E-state index in [1.54, 1.807) is 41.8 Å². The molecule has 1 atom stereocenters. The largest absolute Gasteiger partial charge is 0.263 e. The van der Waals surface area contributed by atoms with Crippen molar-refractivity contribution in [3.63, 3.8) is 0 Å². The van der Waals surface area contributed by atoms with Gasteiger partial charge >= 0.3 is 0 Å². The second-order valence-electron chi connectivity index (χ2n) is 6.00. The molecule has 0 bridgehead atoms. The summed E-state index contributed by atoms with van der Waals surface area (Å²) in [4.78, 5) is 5.32. The highest BCUT2D eigenvalue weighted by Crippen LogP contribution is 2.24. The van der Waals surface area contributed by atoms with Crippen molar-refractivity contribution in [2.24, 2.45) is 0 Å². The minimum Gasteiger partial charge on any atom is -0.263 e. The fourth-order valence-corrected chi connectivity index (χ4v) is 5.24. The molecule has 3 aromatic rings. The SMILES string of the molecule is CC(Cc1cccs1)N(Cc1ccc(Cl)cc1)S(=O)(=O)c1cccnc1. The molecule has 0 aliphatic rings. The van der Waals surface area contributed by atoms with Crippen molar-refractivity contribution in [2.75, 3.05) is 0 Å². The van der Waals surface area contributed by atoms with E-state index < -0.39 is 10.0 Å². The van der Waals surface area contributed by atoms with Gasteiger partial charge < -0.3 is 0 Å². The molecule has 7 heteroatoms. The van der Waals surface area contributed by atoms with Gasteiger partial charge in [0.2, 0.25) is 10.0 Å². The molecule has 2 aromatic heterocycles. The molecule has 0 aliphatic heterocycles. The molecule has 0 N–H and O–H groups in total. The highest BCUT2D eigenvalue weighted by atomic mass is 35.5. The van der Waals surface area contributed by atoms with Gasteiger partial charge in [-0.05, 0) is 54.6 Å². The van der Waals surface area contributed by atoms with Crippen LogP contribution in [0, 0.1) is 0 Å². The third-order valence-electron chi connectivity index (χ3n) is 4.06. The van der Waals surface area contributed by atoms with Gasteiger partial charge in [-0.1, -0.05) is 29.8 Å². The summed E-state index contributed by atoms with van der Waals surface area (Å²) in [6.45, 7) is 2.21. The molecule has 26 heavy (non-hydrogen) atoms. The summed E-state index contributed by atoms with van der Waals surface area (Å²) in [6.07, 6.45) is 3.62. The lowest BCUT2D eigenvalue weighted by Crippen LogP contribution is -2.39. The maximum atomic E-state index is 13.2. The molecule has 0 fully saturated rings. The van der Waals surface area contributed by atoms with Crippen LogP contribution in [0.3, 0.4) is 0 Å². The number of thiophene rings is 1. The topological polar surface area (TPSA) is 50.3 Å². The number of rotatable bonds is 7. The molecule has 2 heterocycles. The van der Waals surface area contributed by atoms with Gasteiger partial charge in [0.05, 0.1) is 0 Å². The smallest absolute Gasteiger partial charge is 0.245 e. The first-order valence-corrected chi connectivity index (χ1v) is 10.9. The van der Waals surface area contributed by atoms with Crippen LogP contribution in [0.5, 0.6) is 0 Å². The zero-order chi connectivity index (χ0) is 18.6. The van der Waals surface area contributed by atoms with Crippen LogP contribution in [-0.2, 0) is 23.0 Å². The second-order valence-corrected chi connectivity index (χ2v) is 9.36. The van der Waals surface area contributed by atoms with Gasteiger partial charge in [0.1, 0.15) is 4.90 Å². The molecule has 0 saturated carbocycles. The lowest BCUT2D eigenvalue weighted by molar-refractivity contribution is 0.329. The summed E-state index contributed by atoms with van der Waals surface area (Å²) in [5.74, 6) is 0. The third-order valence-corrected chi connectivity index (χ3v) is 7.16. The third kappa shape index (κ3) is 4.51. The highest BCUT2D eigenvalue weighted by molar-refractivity contribution is 7.89. The monoisotopic (exact) mass is 406 g/mol. The highest BCUT2D eigenvalue weighted by Gasteiger charge is 2.29. The fraction of sp³-hybridized carbons (Fsp3) is 0.211. The van der Waals surface area contributed by atoms with Gasteiger partial charge in [0, 0.05) is 34.9 Å². The van der Waals surface area contributed by atoms with Crippen molar-refractivity contribution in [1.82, 2.24) is 9.29 Å². The Morgan fingerprint density at radius 2 is 1.92 bits per heavy atom. The molecule has 1 unspecified atom stereocenters. The first-order chi connectivity index (χ1) is 12.5. The van der Waals surface area contributed by atoms with E-state index in [1.807, 2.05) is 36.6 Å². The fourth-order valence-electron chi connectivity index (χ4n) is 2.70. The second kappa shape index (κ2) is 8.31. The molecule has 3 rings (SSSR count). The van der Waals surface area contributed by atoms with Crippen LogP contribution in [0.2, 0.25) is 5.02 Å². The Morgan fingerprint density at radius 1 is 1.15 bits per heavy atom. The molecule has 136 valence electrons. The number of sulfonamides is 1. The van der Waals surface area contributed by atoms with E-state index in [-0.39, 0.29) is 17.5 Å². The molecule has 0 spiro atoms. The van der Waals surface area contributed by atoms with Crippen molar-refractivity contribution in [1.29, 1.82) is 0 Å². The summed E-state index contributed by atoms with van der Waals surface area (Å²) < 4.78 is 28.0. The standard InChI is InChI=1S/C19H19ClN2O2S2/c1-15(12-18-4-3-11-25-18)22(14-16-6-8-17(20)9-7-16)26(23,24)19-5-2-10-21-13-19/h2-11,13,15H,12,14H2,1H3. The average Bonchev–Trinajstić information content (AvgIpc) is 3.14. The number of aromatic nitrogens is 1. The van der Waals surface area contributed by atoms with Crippen molar-refractivity contribution >= 4 is 33.0 Å². The first kappa shape index (κ1) is 19.0. The summed E-state index contributed by atoms with van der Waals surface area (Å²) >= 11 is 7.58. The quantitative estimate of drug-likeness (QED) is 0.575. The molecule has 4 nitrogen and oxygen atoms in total. The van der Waals surface area contributed by atoms with E-state index in [0.717, 1.165) is 10.4 Å². The molecule has 0 aliphatic carbocycles. The zero-order valence-corrected chi connectivity index (χ0v) is 16.6. The average molecular weight is 407 g/mol. The summed E-state index contributed by atoms with van der Waals surface area (Å²) in [5, 5.41) is 2.63. The Kier molecular flexibility index (Phi) is 6.09. The predicted molar refractivity (Wildman–Crippen MR) is 106 cm³/mol. The Morgan fingerprint density at radius 3 is 2.54 bits per heavy atom. The molecule has 0 amide bonds. The molecular formula is C19H19ClN2O2S2. The van der Waals surface area contributed by atoms with Crippen molar-refractivity contribution < 1.29 is 8.42 Å². The van der Waals surface area contributed by atoms with E-state index in [1.165, 1.54) is 10.5 Å². The maximum absolute atomic E-state index is 13.2. The summed E-state index contributed by atoms with van der Waals surface area (Å²) in [7, 11) is -3.67. The number of hydrogen-bond acceptors (Lipinski definition) is 4. The maximum Gasteiger partial charge on any atom is 0.245 e. The van der Waals surface area contributed by atoms with E-state index in [0.29, 0.717) is 11.4 Å². The number of benzene rings is 1. The Hall–Kier alpha value is -1.73. The van der Waals surface area contributed by atoms with E-state index >= 15 is 0 Å². The van der Waals surface area contributed by atoms with Crippen molar-refractivity contribution in [3.8, 4) is 0 Å². The van der Waals surface area contributed by atoms with Crippen LogP contribution in [-0.4, -0.2) is 23.7 Å². The van der Waals surface area contributed by atoms with Crippen molar-refractivity contribution in [2.45, 2.75) is 30.8 Å². The predicted octanol–water partition coefficient (Wildman–Crippen LogP) is 4.62. The van der Waals surface area contributed by atoms with Gasteiger partial charge in [-0.2, -0.15) is 4.31 Å². The minimum absolute atomic E-state index is 0.200. The summed E-state index contributed by atoms with van der Waals surface area (Å²) in [6, 6.07) is 14.3. The Balaban J connectivity index is 1.93. The first-order valence-electron chi connectivity index (χ1n) is 8.15. The van der Waals surface area contributed by atoms with Crippen LogP contribution < -0.4 is 0 Å². The minimum atomic E-state index is -3.67. The van der Waals surface area contributed by atoms with Crippen molar-refractivity contribution in [3.05, 3.63) is 81.8 Å². The lowest BCUT2D eigenvalue weighted by atomic mass is 10.1. The van der Waals surface area contributed by atoms with Crippen LogP contribution >= 0.6 is 22.9 Å². The zero-order valence-electron chi connectivity index (χ0n) is 14.2. The van der Waals surface area contributed by atoms with Gasteiger partial charge in [-0.15, -0.1) is 11.3 Å². The van der Waals surface area contributed by atoms with E-state index in [9.17, 15) is 8.42 Å². The molecule has 0 radical (unpaired) electrons. The van der Waals surface area contributed by atoms with Crippen LogP contribution in [0.4, 0.5) is 0 Å². The van der Waals surface area contributed by atoms with Crippen LogP contribution in [0.1, 0.15) is 17.4 Å². The molecular weight excluding hydrogens is 388 g/mol. The normalized spacial score (nSPS) is 13.0. The number of pyridine rings is 1. The number of nitrogens with zero attached hydrogens (tertiary/aromatic N) is 2. The number of halogens is 1. The lowest BCUT2D eigenvalue weighted by Gasteiger charge is -2.28. The summed E-state index contributed by atoms with van der Waals surface area (Å²) in [5.41, 5.74) is 0.889. The number of hydrogen-bond donors (Lipinski definition) is 0. The van der Waals surface area contributed by atoms with Gasteiger partial charge in [0.25, 0.3) is 0 Å². The Bertz CT molecular complexity index is 927. The van der Waals surface area contributed by atoms with E-state index in [2.05, 4.69) is 4.98 Å². The van der Waals surface area contributed by atoms with Crippen LogP contribution in [0.15, 0.2) is 71.2 Å². The van der Waals surface area contributed by atoms with Crippen LogP contribution in [0.25, 0.3) is 0 Å². The molecule has 1 aromatic carbocycles. The Labute approximate surface area is 163 Å². The van der Waals surface area contributed by atoms with Gasteiger partial charge in [-0.3, -0.25) is 4.98 Å². The van der Waals surface area contributed by atoms with E-state index in [4.69, 9.17) is 11.6 Å². The molecule has 0 saturated heterocycles.